The zero-order valence-corrected chi connectivity index (χ0v) is 7.86. The molecule has 0 aliphatic rings. The first-order chi connectivity index (χ1) is 7.50. The number of halogens is 3. The molecule has 5 nitrogen and oxygen atoms in total. The third-order valence-electron chi connectivity index (χ3n) is 1.94. The van der Waals surface area contributed by atoms with E-state index in [9.17, 15) is 13.2 Å². The fourth-order valence-electron chi connectivity index (χ4n) is 1.24. The van der Waals surface area contributed by atoms with Crippen molar-refractivity contribution in [1.82, 2.24) is 20.1 Å². The number of hydrogen-bond acceptors (Lipinski definition) is 4. The van der Waals surface area contributed by atoms with Crippen LogP contribution in [0.15, 0.2) is 18.5 Å². The van der Waals surface area contributed by atoms with Crippen LogP contribution >= 0.6 is 0 Å². The van der Waals surface area contributed by atoms with E-state index in [0.29, 0.717) is 5.56 Å². The van der Waals surface area contributed by atoms with Crippen molar-refractivity contribution in [2.75, 3.05) is 0 Å². The zero-order valence-electron chi connectivity index (χ0n) is 7.86. The summed E-state index contributed by atoms with van der Waals surface area (Å²) in [6.45, 7) is 0.0875. The highest BCUT2D eigenvalue weighted by atomic mass is 19.4. The van der Waals surface area contributed by atoms with Crippen molar-refractivity contribution in [1.29, 1.82) is 0 Å². The smallest absolute Gasteiger partial charge is 0.316 e. The number of rotatable bonds is 2. The fraction of sp³-hybridized carbons (Fsp3) is 0.250. The van der Waals surface area contributed by atoms with Crippen LogP contribution in [0.3, 0.4) is 0 Å². The van der Waals surface area contributed by atoms with Gasteiger partial charge in [-0.1, -0.05) is 0 Å². The van der Waals surface area contributed by atoms with Gasteiger partial charge in [-0.05, 0) is 0 Å². The Bertz CT molecular complexity index is 507. The Morgan fingerprint density at radius 3 is 2.81 bits per heavy atom. The molecule has 0 amide bonds. The molecule has 0 bridgehead atoms. The number of aromatic nitrogens is 3. The normalized spacial score (nSPS) is 12.2. The molecule has 2 rings (SSSR count). The topological polar surface area (TPSA) is 62.5 Å². The maximum Gasteiger partial charge on any atom is 0.435 e. The molecule has 2 aromatic rings. The van der Waals surface area contributed by atoms with E-state index in [0.717, 1.165) is 10.6 Å². The Hall–Kier alpha value is -1.67. The van der Waals surface area contributed by atoms with Crippen LogP contribution in [0.2, 0.25) is 0 Å². The minimum Gasteiger partial charge on any atom is -0.316 e. The van der Waals surface area contributed by atoms with Gasteiger partial charge in [-0.25, -0.2) is 15.0 Å². The molecule has 0 unspecified atom stereocenters. The van der Waals surface area contributed by atoms with Crippen molar-refractivity contribution >= 4 is 5.65 Å². The second-order valence-corrected chi connectivity index (χ2v) is 3.13. The molecule has 0 fully saturated rings. The summed E-state index contributed by atoms with van der Waals surface area (Å²) in [5, 5.41) is 11.8. The lowest BCUT2D eigenvalue weighted by Crippen LogP contribution is -2.08. The first-order valence-electron chi connectivity index (χ1n) is 4.29. The minimum atomic E-state index is -4.48. The molecule has 16 heavy (non-hydrogen) atoms. The van der Waals surface area contributed by atoms with Gasteiger partial charge in [-0.2, -0.15) is 18.3 Å². The van der Waals surface area contributed by atoms with Gasteiger partial charge in [0.15, 0.2) is 11.3 Å². The van der Waals surface area contributed by atoms with E-state index in [1.165, 1.54) is 12.4 Å². The van der Waals surface area contributed by atoms with Crippen LogP contribution in [0.25, 0.3) is 5.65 Å². The second kappa shape index (κ2) is 3.72. The van der Waals surface area contributed by atoms with Crippen LogP contribution in [0, 0.1) is 0 Å². The lowest BCUT2D eigenvalue weighted by Gasteiger charge is -1.99. The highest BCUT2D eigenvalue weighted by molar-refractivity contribution is 5.40. The Balaban J connectivity index is 2.46. The average molecular weight is 232 g/mol. The molecule has 0 saturated carbocycles. The van der Waals surface area contributed by atoms with E-state index in [4.69, 9.17) is 5.21 Å². The number of fused-ring (bicyclic) bond motifs is 1. The van der Waals surface area contributed by atoms with Crippen molar-refractivity contribution in [3.63, 3.8) is 0 Å². The molecular weight excluding hydrogens is 225 g/mol. The van der Waals surface area contributed by atoms with Gasteiger partial charge < -0.3 is 5.21 Å². The van der Waals surface area contributed by atoms with Crippen LogP contribution < -0.4 is 5.48 Å². The molecule has 0 atom stereocenters. The first-order valence-corrected chi connectivity index (χ1v) is 4.29. The molecular formula is C8H7F3N4O. The Kier molecular flexibility index (Phi) is 2.52. The lowest BCUT2D eigenvalue weighted by molar-refractivity contribution is -0.141. The average Bonchev–Trinajstić information content (AvgIpc) is 2.60. The Labute approximate surface area is 87.5 Å². The number of alkyl halides is 3. The predicted molar refractivity (Wildman–Crippen MR) is 46.6 cm³/mol. The number of hydrogen-bond donors (Lipinski definition) is 2. The number of nitrogens with zero attached hydrogens (tertiary/aromatic N) is 3. The van der Waals surface area contributed by atoms with Crippen LogP contribution in [-0.4, -0.2) is 19.8 Å². The first kappa shape index (κ1) is 10.8. The SMILES string of the molecule is ONCc1cnc2cc(C(F)(F)F)nn2c1. The van der Waals surface area contributed by atoms with Gasteiger partial charge in [-0.3, -0.25) is 0 Å². The summed E-state index contributed by atoms with van der Waals surface area (Å²) in [5.41, 5.74) is 1.52. The molecule has 2 N–H and O–H groups in total. The van der Waals surface area contributed by atoms with Gasteiger partial charge in [-0.15, -0.1) is 0 Å². The Morgan fingerprint density at radius 1 is 1.44 bits per heavy atom. The molecule has 0 aromatic carbocycles. The molecule has 0 saturated heterocycles. The van der Waals surface area contributed by atoms with Crippen molar-refractivity contribution in [2.24, 2.45) is 0 Å². The monoisotopic (exact) mass is 232 g/mol. The lowest BCUT2D eigenvalue weighted by atomic mass is 10.3. The summed E-state index contributed by atoms with van der Waals surface area (Å²) in [5.74, 6) is 0. The van der Waals surface area contributed by atoms with E-state index in [1.807, 2.05) is 5.48 Å². The van der Waals surface area contributed by atoms with E-state index in [1.54, 1.807) is 0 Å². The Morgan fingerprint density at radius 2 is 2.19 bits per heavy atom. The summed E-state index contributed by atoms with van der Waals surface area (Å²) < 4.78 is 38.0. The summed E-state index contributed by atoms with van der Waals surface area (Å²) >= 11 is 0. The van der Waals surface area contributed by atoms with E-state index < -0.39 is 11.9 Å². The van der Waals surface area contributed by atoms with E-state index in [2.05, 4.69) is 10.1 Å². The number of hydroxylamine groups is 1. The van der Waals surface area contributed by atoms with Crippen LogP contribution in [-0.2, 0) is 12.7 Å². The van der Waals surface area contributed by atoms with Crippen molar-refractivity contribution < 1.29 is 18.4 Å². The van der Waals surface area contributed by atoms with Crippen LogP contribution in [0.1, 0.15) is 11.3 Å². The second-order valence-electron chi connectivity index (χ2n) is 3.13. The van der Waals surface area contributed by atoms with Gasteiger partial charge in [0.25, 0.3) is 0 Å². The quantitative estimate of drug-likeness (QED) is 0.764. The maximum atomic E-state index is 12.3. The summed E-state index contributed by atoms with van der Waals surface area (Å²) in [6, 6.07) is 0.857. The van der Waals surface area contributed by atoms with Gasteiger partial charge in [0, 0.05) is 30.6 Å². The maximum absolute atomic E-state index is 12.3. The van der Waals surface area contributed by atoms with Crippen LogP contribution in [0.4, 0.5) is 13.2 Å². The highest BCUT2D eigenvalue weighted by Gasteiger charge is 2.34. The van der Waals surface area contributed by atoms with Crippen molar-refractivity contribution in [3.05, 3.63) is 29.7 Å². The predicted octanol–water partition coefficient (Wildman–Crippen LogP) is 1.23. The van der Waals surface area contributed by atoms with Gasteiger partial charge in [0.2, 0.25) is 0 Å². The molecule has 2 aromatic heterocycles. The van der Waals surface area contributed by atoms with Crippen molar-refractivity contribution in [3.8, 4) is 0 Å². The molecule has 2 heterocycles. The van der Waals surface area contributed by atoms with Gasteiger partial charge in [0.05, 0.1) is 0 Å². The molecule has 0 radical (unpaired) electrons. The van der Waals surface area contributed by atoms with Crippen LogP contribution in [0.5, 0.6) is 0 Å². The van der Waals surface area contributed by atoms with Gasteiger partial charge >= 0.3 is 6.18 Å². The zero-order chi connectivity index (χ0) is 11.8. The molecule has 86 valence electrons. The molecule has 8 heteroatoms. The third-order valence-corrected chi connectivity index (χ3v) is 1.94. The third kappa shape index (κ3) is 1.97. The fourth-order valence-corrected chi connectivity index (χ4v) is 1.24. The molecule has 0 spiro atoms. The minimum absolute atomic E-state index is 0.0875. The summed E-state index contributed by atoms with van der Waals surface area (Å²) in [6.07, 6.45) is -1.76. The van der Waals surface area contributed by atoms with Crippen molar-refractivity contribution in [2.45, 2.75) is 12.7 Å². The summed E-state index contributed by atoms with van der Waals surface area (Å²) in [4.78, 5) is 3.78. The molecule has 0 aliphatic heterocycles. The summed E-state index contributed by atoms with van der Waals surface area (Å²) in [7, 11) is 0. The van der Waals surface area contributed by atoms with E-state index >= 15 is 0 Å². The number of nitrogens with one attached hydrogen (secondary N) is 1. The van der Waals surface area contributed by atoms with E-state index in [-0.39, 0.29) is 12.2 Å². The van der Waals surface area contributed by atoms with Gasteiger partial charge in [0.1, 0.15) is 0 Å². The highest BCUT2D eigenvalue weighted by Crippen LogP contribution is 2.28. The molecule has 0 aliphatic carbocycles. The standard InChI is InChI=1S/C8H7F3N4O/c9-8(10,11)6-1-7-12-2-5(3-13-16)4-15(7)14-6/h1-2,4,13,16H,3H2. The largest absolute Gasteiger partial charge is 0.435 e.